The number of sulfonamides is 1. The van der Waals surface area contributed by atoms with Gasteiger partial charge in [0.2, 0.25) is 10.0 Å². The molecule has 1 atom stereocenters. The van der Waals surface area contributed by atoms with E-state index in [1.807, 2.05) is 14.1 Å². The van der Waals surface area contributed by atoms with Gasteiger partial charge in [-0.05, 0) is 45.1 Å². The van der Waals surface area contributed by atoms with Crippen LogP contribution in [-0.4, -0.2) is 70.9 Å². The van der Waals surface area contributed by atoms with Gasteiger partial charge in [-0.2, -0.15) is 4.31 Å². The van der Waals surface area contributed by atoms with Gasteiger partial charge >= 0.3 is 0 Å². The standard InChI is InChI=1S/C17H27N3O4S/c1-18-17(21)15-11-14(8-9-16(15)24-4)25(22,23)20-10-6-5-7-13(12-20)19(2)3/h8-9,11,13H,5-7,10,12H2,1-4H3,(H,18,21)/t13-/m0/s1. The molecule has 0 radical (unpaired) electrons. The molecule has 0 bridgehead atoms. The van der Waals surface area contributed by atoms with Gasteiger partial charge in [-0.15, -0.1) is 0 Å². The van der Waals surface area contributed by atoms with E-state index in [0.717, 1.165) is 19.3 Å². The number of hydrogen-bond acceptors (Lipinski definition) is 5. The molecule has 0 saturated carbocycles. The molecule has 1 heterocycles. The summed E-state index contributed by atoms with van der Waals surface area (Å²) in [6.07, 6.45) is 2.81. The number of amides is 1. The molecule has 1 aromatic rings. The summed E-state index contributed by atoms with van der Waals surface area (Å²) in [5.41, 5.74) is 0.213. The predicted molar refractivity (Wildman–Crippen MR) is 96.5 cm³/mol. The van der Waals surface area contributed by atoms with Gasteiger partial charge in [0.25, 0.3) is 5.91 Å². The van der Waals surface area contributed by atoms with Crippen LogP contribution in [0.2, 0.25) is 0 Å². The SMILES string of the molecule is CNC(=O)c1cc(S(=O)(=O)N2CCCC[C@H](N(C)C)C2)ccc1OC. The third-order valence-corrected chi connectivity index (χ3v) is 6.48. The van der Waals surface area contributed by atoms with Gasteiger partial charge in [0.1, 0.15) is 5.75 Å². The Hall–Kier alpha value is -1.64. The van der Waals surface area contributed by atoms with E-state index < -0.39 is 10.0 Å². The van der Waals surface area contributed by atoms with Gasteiger partial charge in [-0.25, -0.2) is 8.42 Å². The van der Waals surface area contributed by atoms with Crippen molar-refractivity contribution >= 4 is 15.9 Å². The van der Waals surface area contributed by atoms with Crippen molar-refractivity contribution < 1.29 is 17.9 Å². The minimum atomic E-state index is -3.67. The Morgan fingerprint density at radius 2 is 2.04 bits per heavy atom. The highest BCUT2D eigenvalue weighted by Gasteiger charge is 2.30. The number of rotatable bonds is 5. The Kier molecular flexibility index (Phi) is 6.42. The van der Waals surface area contributed by atoms with Gasteiger partial charge in [0, 0.05) is 26.2 Å². The van der Waals surface area contributed by atoms with E-state index in [0.29, 0.717) is 18.8 Å². The minimum absolute atomic E-state index is 0.117. The largest absolute Gasteiger partial charge is 0.496 e. The number of benzene rings is 1. The average Bonchev–Trinajstić information content (AvgIpc) is 2.87. The van der Waals surface area contributed by atoms with Crippen LogP contribution in [0.3, 0.4) is 0 Å². The molecule has 140 valence electrons. The van der Waals surface area contributed by atoms with Crippen LogP contribution in [0.5, 0.6) is 5.75 Å². The minimum Gasteiger partial charge on any atom is -0.496 e. The molecule has 1 saturated heterocycles. The predicted octanol–water partition coefficient (Wildman–Crippen LogP) is 1.16. The Balaban J connectivity index is 2.39. The second kappa shape index (κ2) is 8.16. The number of hydrogen-bond donors (Lipinski definition) is 1. The van der Waals surface area contributed by atoms with Crippen molar-refractivity contribution in [3.8, 4) is 5.75 Å². The van der Waals surface area contributed by atoms with Crippen molar-refractivity contribution in [3.05, 3.63) is 23.8 Å². The van der Waals surface area contributed by atoms with Crippen LogP contribution in [0.1, 0.15) is 29.6 Å². The van der Waals surface area contributed by atoms with Gasteiger partial charge in [0.15, 0.2) is 0 Å². The van der Waals surface area contributed by atoms with E-state index in [4.69, 9.17) is 4.74 Å². The maximum atomic E-state index is 13.1. The number of methoxy groups -OCH3 is 1. The Morgan fingerprint density at radius 1 is 1.32 bits per heavy atom. The highest BCUT2D eigenvalue weighted by molar-refractivity contribution is 7.89. The molecule has 8 heteroatoms. The molecule has 25 heavy (non-hydrogen) atoms. The Morgan fingerprint density at radius 3 is 2.64 bits per heavy atom. The lowest BCUT2D eigenvalue weighted by atomic mass is 10.1. The lowest BCUT2D eigenvalue weighted by Gasteiger charge is -2.28. The topological polar surface area (TPSA) is 79.0 Å². The number of nitrogens with zero attached hydrogens (tertiary/aromatic N) is 2. The molecule has 0 unspecified atom stereocenters. The van der Waals surface area contributed by atoms with Crippen molar-refractivity contribution in [2.75, 3.05) is 41.3 Å². The van der Waals surface area contributed by atoms with Crippen LogP contribution in [0.25, 0.3) is 0 Å². The monoisotopic (exact) mass is 369 g/mol. The number of carbonyl (C=O) groups is 1. The van der Waals surface area contributed by atoms with E-state index in [9.17, 15) is 13.2 Å². The van der Waals surface area contributed by atoms with E-state index in [2.05, 4.69) is 10.2 Å². The number of carbonyl (C=O) groups excluding carboxylic acids is 1. The smallest absolute Gasteiger partial charge is 0.254 e. The first kappa shape index (κ1) is 19.7. The normalized spacial score (nSPS) is 19.5. The summed E-state index contributed by atoms with van der Waals surface area (Å²) in [6.45, 7) is 0.949. The van der Waals surface area contributed by atoms with Crippen LogP contribution in [0.4, 0.5) is 0 Å². The molecule has 7 nitrogen and oxygen atoms in total. The molecule has 2 rings (SSSR count). The molecule has 1 N–H and O–H groups in total. The maximum Gasteiger partial charge on any atom is 0.254 e. The maximum absolute atomic E-state index is 13.1. The zero-order chi connectivity index (χ0) is 18.6. The molecule has 1 amide bonds. The summed E-state index contributed by atoms with van der Waals surface area (Å²) < 4.78 is 32.9. The second-order valence-electron chi connectivity index (χ2n) is 6.42. The third-order valence-electron chi connectivity index (χ3n) is 4.62. The summed E-state index contributed by atoms with van der Waals surface area (Å²) >= 11 is 0. The van der Waals surface area contributed by atoms with Gasteiger partial charge in [0.05, 0.1) is 17.6 Å². The fourth-order valence-electron chi connectivity index (χ4n) is 3.03. The highest BCUT2D eigenvalue weighted by atomic mass is 32.2. The van der Waals surface area contributed by atoms with Crippen LogP contribution in [-0.2, 0) is 10.0 Å². The molecule has 0 aromatic heterocycles. The van der Waals surface area contributed by atoms with Crippen molar-refractivity contribution in [2.24, 2.45) is 0 Å². The Bertz CT molecular complexity index is 719. The van der Waals surface area contributed by atoms with Crippen LogP contribution in [0.15, 0.2) is 23.1 Å². The van der Waals surface area contributed by atoms with Crippen molar-refractivity contribution in [1.82, 2.24) is 14.5 Å². The average molecular weight is 369 g/mol. The summed E-state index contributed by atoms with van der Waals surface area (Å²) in [4.78, 5) is 14.2. The van der Waals surface area contributed by atoms with E-state index in [-0.39, 0.29) is 22.4 Å². The number of ether oxygens (including phenoxy) is 1. The lowest BCUT2D eigenvalue weighted by molar-refractivity contribution is 0.0960. The number of nitrogens with one attached hydrogen (secondary N) is 1. The second-order valence-corrected chi connectivity index (χ2v) is 8.36. The summed E-state index contributed by atoms with van der Waals surface area (Å²) in [6, 6.07) is 4.60. The molecular formula is C17H27N3O4S. The molecule has 1 fully saturated rings. The molecule has 0 spiro atoms. The molecule has 1 aliphatic heterocycles. The van der Waals surface area contributed by atoms with Crippen molar-refractivity contribution in [1.29, 1.82) is 0 Å². The van der Waals surface area contributed by atoms with Crippen molar-refractivity contribution in [3.63, 3.8) is 0 Å². The summed E-state index contributed by atoms with van der Waals surface area (Å²) in [5, 5.41) is 2.51. The molecule has 0 aliphatic carbocycles. The van der Waals surface area contributed by atoms with Crippen molar-refractivity contribution in [2.45, 2.75) is 30.2 Å². The van der Waals surface area contributed by atoms with Gasteiger partial charge < -0.3 is 15.0 Å². The summed E-state index contributed by atoms with van der Waals surface area (Å²) in [5.74, 6) is -0.0312. The zero-order valence-electron chi connectivity index (χ0n) is 15.3. The first-order valence-electron chi connectivity index (χ1n) is 8.38. The Labute approximate surface area is 150 Å². The summed E-state index contributed by atoms with van der Waals surface area (Å²) in [7, 11) is 3.22. The van der Waals surface area contributed by atoms with Crippen LogP contribution >= 0.6 is 0 Å². The first-order chi connectivity index (χ1) is 11.8. The fourth-order valence-corrected chi connectivity index (χ4v) is 4.58. The zero-order valence-corrected chi connectivity index (χ0v) is 16.1. The van der Waals surface area contributed by atoms with Gasteiger partial charge in [-0.1, -0.05) is 6.42 Å². The van der Waals surface area contributed by atoms with Gasteiger partial charge in [-0.3, -0.25) is 4.79 Å². The third kappa shape index (κ3) is 4.31. The fraction of sp³-hybridized carbons (Fsp3) is 0.588. The van der Waals surface area contributed by atoms with E-state index in [1.54, 1.807) is 0 Å². The molecule has 1 aliphatic rings. The van der Waals surface area contributed by atoms with E-state index in [1.165, 1.54) is 36.7 Å². The number of likely N-dealkylation sites (N-methyl/N-ethyl adjacent to an activating group) is 1. The molecule has 1 aromatic carbocycles. The first-order valence-corrected chi connectivity index (χ1v) is 9.82. The van der Waals surface area contributed by atoms with Crippen LogP contribution < -0.4 is 10.1 Å². The lowest BCUT2D eigenvalue weighted by Crippen LogP contribution is -2.41. The highest BCUT2D eigenvalue weighted by Crippen LogP contribution is 2.26. The quantitative estimate of drug-likeness (QED) is 0.843. The van der Waals surface area contributed by atoms with Crippen LogP contribution in [0, 0.1) is 0 Å². The molecular weight excluding hydrogens is 342 g/mol. The van der Waals surface area contributed by atoms with E-state index >= 15 is 0 Å².